The monoisotopic (exact) mass is 489 g/mol. The fourth-order valence-electron chi connectivity index (χ4n) is 3.56. The Balaban J connectivity index is 1.95. The van der Waals surface area contributed by atoms with E-state index in [1.54, 1.807) is 36.1 Å². The second-order valence-electron chi connectivity index (χ2n) is 8.58. The molecule has 0 aliphatic rings. The van der Waals surface area contributed by atoms with E-state index in [9.17, 15) is 13.9 Å². The lowest BCUT2D eigenvalue weighted by atomic mass is 10.2. The van der Waals surface area contributed by atoms with Gasteiger partial charge in [0.25, 0.3) is 0 Å². The number of aromatic nitrogens is 2. The van der Waals surface area contributed by atoms with Gasteiger partial charge in [0, 0.05) is 32.8 Å². The van der Waals surface area contributed by atoms with Gasteiger partial charge in [0.2, 0.25) is 5.88 Å². The molecule has 0 saturated carbocycles. The molecule has 0 aliphatic heterocycles. The van der Waals surface area contributed by atoms with Crippen LogP contribution < -0.4 is 4.74 Å². The van der Waals surface area contributed by atoms with Crippen molar-refractivity contribution in [2.24, 2.45) is 0 Å². The Morgan fingerprint density at radius 3 is 2.49 bits per heavy atom. The second-order valence-corrected chi connectivity index (χ2v) is 8.58. The van der Waals surface area contributed by atoms with Crippen LogP contribution >= 0.6 is 0 Å². The van der Waals surface area contributed by atoms with Crippen LogP contribution in [-0.2, 0) is 16.0 Å². The molecule has 1 heterocycles. The Labute approximate surface area is 204 Å². The number of rotatable bonds is 13. The summed E-state index contributed by atoms with van der Waals surface area (Å²) >= 11 is 0. The number of benzene rings is 2. The zero-order valence-electron chi connectivity index (χ0n) is 20.6. The average Bonchev–Trinajstić information content (AvgIpc) is 3.11. The summed E-state index contributed by atoms with van der Waals surface area (Å²) in [7, 11) is 1.62. The van der Waals surface area contributed by atoms with Crippen molar-refractivity contribution in [1.29, 1.82) is 0 Å². The van der Waals surface area contributed by atoms with E-state index in [1.807, 2.05) is 25.7 Å². The van der Waals surface area contributed by atoms with E-state index in [1.165, 1.54) is 24.3 Å². The third kappa shape index (κ3) is 7.83. The Bertz CT molecular complexity index is 1070. The minimum absolute atomic E-state index is 0.0135. The van der Waals surface area contributed by atoms with E-state index in [0.717, 1.165) is 5.56 Å². The molecule has 3 rings (SSSR count). The van der Waals surface area contributed by atoms with Crippen LogP contribution in [0.5, 0.6) is 11.6 Å². The van der Waals surface area contributed by atoms with Gasteiger partial charge in [0.05, 0.1) is 42.4 Å². The minimum Gasteiger partial charge on any atom is -0.438 e. The van der Waals surface area contributed by atoms with E-state index < -0.39 is 11.9 Å². The first kappa shape index (κ1) is 26.7. The van der Waals surface area contributed by atoms with Gasteiger partial charge in [-0.3, -0.25) is 4.90 Å². The van der Waals surface area contributed by atoms with Gasteiger partial charge in [-0.05, 0) is 57.2 Å². The molecular formula is C26H33F2N3O4. The van der Waals surface area contributed by atoms with Crippen molar-refractivity contribution >= 4 is 0 Å². The molecule has 35 heavy (non-hydrogen) atoms. The summed E-state index contributed by atoms with van der Waals surface area (Å²) in [6, 6.07) is 11.7. The zero-order chi connectivity index (χ0) is 25.4. The first-order valence-electron chi connectivity index (χ1n) is 11.6. The molecule has 0 fully saturated rings. The van der Waals surface area contributed by atoms with Gasteiger partial charge in [-0.25, -0.2) is 13.5 Å². The summed E-state index contributed by atoms with van der Waals surface area (Å²) in [5.74, 6) is -0.101. The highest BCUT2D eigenvalue weighted by molar-refractivity contribution is 5.43. The van der Waals surface area contributed by atoms with Crippen LogP contribution in [0.3, 0.4) is 0 Å². The highest BCUT2D eigenvalue weighted by atomic mass is 19.1. The third-order valence-electron chi connectivity index (χ3n) is 5.30. The number of ether oxygens (including phenoxy) is 3. The first-order chi connectivity index (χ1) is 16.8. The van der Waals surface area contributed by atoms with Crippen molar-refractivity contribution in [1.82, 2.24) is 14.7 Å². The molecule has 9 heteroatoms. The van der Waals surface area contributed by atoms with Gasteiger partial charge in [0.1, 0.15) is 17.4 Å². The topological polar surface area (TPSA) is 69.0 Å². The summed E-state index contributed by atoms with van der Waals surface area (Å²) < 4.78 is 45.9. The Kier molecular flexibility index (Phi) is 9.73. The highest BCUT2D eigenvalue weighted by Crippen LogP contribution is 2.32. The molecule has 0 unspecified atom stereocenters. The fraction of sp³-hybridized carbons (Fsp3) is 0.423. The van der Waals surface area contributed by atoms with E-state index >= 15 is 0 Å². The Hall–Kier alpha value is -2.85. The number of methoxy groups -OCH3 is 1. The van der Waals surface area contributed by atoms with E-state index in [0.29, 0.717) is 49.3 Å². The maximum absolute atomic E-state index is 13.9. The molecule has 190 valence electrons. The predicted octanol–water partition coefficient (Wildman–Crippen LogP) is 4.49. The molecule has 0 aliphatic carbocycles. The molecule has 1 atom stereocenters. The summed E-state index contributed by atoms with van der Waals surface area (Å²) in [6.07, 6.45) is -0.686. The number of aryl methyl sites for hydroxylation is 1. The quantitative estimate of drug-likeness (QED) is 0.382. The molecule has 0 saturated heterocycles. The molecule has 2 aromatic carbocycles. The van der Waals surface area contributed by atoms with Crippen molar-refractivity contribution in [2.45, 2.75) is 39.5 Å². The lowest BCUT2D eigenvalue weighted by Gasteiger charge is -2.25. The smallest absolute Gasteiger partial charge is 0.227 e. The maximum atomic E-state index is 13.9. The van der Waals surface area contributed by atoms with Crippen LogP contribution in [0.15, 0.2) is 48.5 Å². The first-order valence-corrected chi connectivity index (χ1v) is 11.6. The second kappa shape index (κ2) is 12.7. The predicted molar refractivity (Wildman–Crippen MR) is 129 cm³/mol. The van der Waals surface area contributed by atoms with Crippen LogP contribution in [0.1, 0.15) is 25.1 Å². The molecule has 3 aromatic rings. The molecule has 7 nitrogen and oxygen atoms in total. The minimum atomic E-state index is -0.700. The summed E-state index contributed by atoms with van der Waals surface area (Å²) in [5.41, 5.74) is 2.05. The van der Waals surface area contributed by atoms with Crippen molar-refractivity contribution in [3.05, 3.63) is 71.4 Å². The number of nitrogens with zero attached hydrogens (tertiary/aromatic N) is 3. The number of hydrogen-bond acceptors (Lipinski definition) is 6. The number of aliphatic hydroxyl groups excluding tert-OH is 1. The zero-order valence-corrected chi connectivity index (χ0v) is 20.6. The molecule has 0 spiro atoms. The van der Waals surface area contributed by atoms with Gasteiger partial charge in [0.15, 0.2) is 0 Å². The Morgan fingerprint density at radius 2 is 1.83 bits per heavy atom. The van der Waals surface area contributed by atoms with Crippen molar-refractivity contribution in [3.63, 3.8) is 0 Å². The van der Waals surface area contributed by atoms with E-state index in [-0.39, 0.29) is 18.5 Å². The van der Waals surface area contributed by atoms with Crippen LogP contribution in [0.2, 0.25) is 0 Å². The van der Waals surface area contributed by atoms with Gasteiger partial charge < -0.3 is 19.3 Å². The number of hydrogen-bond donors (Lipinski definition) is 1. The lowest BCUT2D eigenvalue weighted by Crippen LogP contribution is -2.37. The van der Waals surface area contributed by atoms with Crippen molar-refractivity contribution in [3.8, 4) is 17.3 Å². The van der Waals surface area contributed by atoms with Crippen LogP contribution in [0.4, 0.5) is 8.78 Å². The molecule has 1 N–H and O–H groups in total. The van der Waals surface area contributed by atoms with Gasteiger partial charge in [-0.2, -0.15) is 5.10 Å². The molecule has 0 bridgehead atoms. The van der Waals surface area contributed by atoms with Crippen LogP contribution in [0.25, 0.3) is 5.69 Å². The van der Waals surface area contributed by atoms with Crippen molar-refractivity contribution in [2.75, 3.05) is 33.4 Å². The van der Waals surface area contributed by atoms with Gasteiger partial charge in [-0.15, -0.1) is 0 Å². The fourth-order valence-corrected chi connectivity index (χ4v) is 3.56. The molecule has 1 aromatic heterocycles. The summed E-state index contributed by atoms with van der Waals surface area (Å²) in [4.78, 5) is 2.02. The maximum Gasteiger partial charge on any atom is 0.227 e. The normalized spacial score (nSPS) is 12.5. The highest BCUT2D eigenvalue weighted by Gasteiger charge is 2.23. The Morgan fingerprint density at radius 1 is 1.09 bits per heavy atom. The molecule has 0 amide bonds. The largest absolute Gasteiger partial charge is 0.438 e. The number of aliphatic hydroxyl groups is 1. The molecular weight excluding hydrogens is 456 g/mol. The SMILES string of the molecule is COCCN(Cc1c(C)nn(-c2ccc(F)cc2)c1Oc1cccc(F)c1)C[C@@H](O)COC(C)C. The van der Waals surface area contributed by atoms with Crippen LogP contribution in [0, 0.1) is 18.6 Å². The molecule has 0 radical (unpaired) electrons. The summed E-state index contributed by atoms with van der Waals surface area (Å²) in [5, 5.41) is 15.2. The van der Waals surface area contributed by atoms with E-state index in [2.05, 4.69) is 5.10 Å². The average molecular weight is 490 g/mol. The third-order valence-corrected chi connectivity index (χ3v) is 5.30. The van der Waals surface area contributed by atoms with Crippen LogP contribution in [-0.4, -0.2) is 65.4 Å². The van der Waals surface area contributed by atoms with Crippen molar-refractivity contribution < 1.29 is 28.1 Å². The van der Waals surface area contributed by atoms with Gasteiger partial charge in [-0.1, -0.05) is 6.07 Å². The summed E-state index contributed by atoms with van der Waals surface area (Å²) in [6.45, 7) is 7.63. The van der Waals surface area contributed by atoms with E-state index in [4.69, 9.17) is 14.2 Å². The lowest BCUT2D eigenvalue weighted by molar-refractivity contribution is -0.0122. The number of halogens is 2. The standard InChI is InChI=1S/C26H33F2N3O4/c1-18(2)34-17-23(32)15-30(12-13-33-4)16-25-19(3)29-31(22-10-8-20(27)9-11-22)26(25)35-24-7-5-6-21(28)14-24/h5-11,14,18,23,32H,12-13,15-17H2,1-4H3/t23-/m1/s1. The van der Waals surface area contributed by atoms with Gasteiger partial charge >= 0.3 is 0 Å².